The molecule has 1 aromatic heterocycles. The summed E-state index contributed by atoms with van der Waals surface area (Å²) < 4.78 is 1.43. The number of anilines is 2. The highest BCUT2D eigenvalue weighted by Crippen LogP contribution is 2.37. The van der Waals surface area contributed by atoms with Gasteiger partial charge in [0.1, 0.15) is 5.82 Å². The van der Waals surface area contributed by atoms with Crippen LogP contribution in [0.15, 0.2) is 24.3 Å². The van der Waals surface area contributed by atoms with Crippen LogP contribution in [0.1, 0.15) is 36.2 Å². The van der Waals surface area contributed by atoms with Crippen LogP contribution in [0.4, 0.5) is 11.6 Å². The van der Waals surface area contributed by atoms with Crippen molar-refractivity contribution in [1.29, 1.82) is 0 Å². The Morgan fingerprint density at radius 1 is 1.35 bits per heavy atom. The molecule has 1 aliphatic rings. The van der Waals surface area contributed by atoms with E-state index >= 15 is 0 Å². The third kappa shape index (κ3) is 1.97. The molecule has 2 aromatic rings. The van der Waals surface area contributed by atoms with E-state index in [4.69, 9.17) is 11.5 Å². The number of carboxylic acid groups (broad SMARTS) is 1. The van der Waals surface area contributed by atoms with Crippen LogP contribution in [0.3, 0.4) is 0 Å². The molecule has 2 atom stereocenters. The molecule has 1 aromatic carbocycles. The molecule has 0 fully saturated rings. The van der Waals surface area contributed by atoms with Gasteiger partial charge in [-0.3, -0.25) is 0 Å². The quantitative estimate of drug-likeness (QED) is 0.702. The predicted molar refractivity (Wildman–Crippen MR) is 73.0 cm³/mol. The summed E-state index contributed by atoms with van der Waals surface area (Å²) in [5.41, 5.74) is 13.1. The Bertz CT molecular complexity index is 667. The summed E-state index contributed by atoms with van der Waals surface area (Å²) in [6.07, 6.45) is 1.17. The van der Waals surface area contributed by atoms with Crippen molar-refractivity contribution in [2.75, 3.05) is 11.5 Å². The van der Waals surface area contributed by atoms with Crippen molar-refractivity contribution in [2.45, 2.75) is 24.8 Å². The monoisotopic (exact) mass is 273 g/mol. The maximum absolute atomic E-state index is 11.3. The van der Waals surface area contributed by atoms with Crippen molar-refractivity contribution in [3.8, 4) is 0 Å². The number of nitrogens with zero attached hydrogens (tertiary/aromatic N) is 3. The minimum Gasteiger partial charge on any atom is -0.480 e. The lowest BCUT2D eigenvalue weighted by atomic mass is 9.88. The lowest BCUT2D eigenvalue weighted by Crippen LogP contribution is -2.28. The van der Waals surface area contributed by atoms with E-state index in [2.05, 4.69) is 10.1 Å². The van der Waals surface area contributed by atoms with Crippen LogP contribution in [0.5, 0.6) is 0 Å². The SMILES string of the molecule is Nc1cccc(C2CCC(C(=O)O)n3nc(N)nc32)c1. The van der Waals surface area contributed by atoms with Gasteiger partial charge in [0, 0.05) is 11.6 Å². The molecule has 0 saturated heterocycles. The van der Waals surface area contributed by atoms with E-state index in [0.717, 1.165) is 5.56 Å². The van der Waals surface area contributed by atoms with Crippen LogP contribution in [-0.2, 0) is 4.79 Å². The molecule has 7 nitrogen and oxygen atoms in total. The number of nitrogen functional groups attached to an aromatic ring is 2. The first-order valence-corrected chi connectivity index (χ1v) is 6.36. The minimum atomic E-state index is -0.915. The molecule has 0 aliphatic carbocycles. The van der Waals surface area contributed by atoms with Gasteiger partial charge in [0.15, 0.2) is 6.04 Å². The Kier molecular flexibility index (Phi) is 2.81. The first-order chi connectivity index (χ1) is 9.56. The van der Waals surface area contributed by atoms with Crippen molar-refractivity contribution in [3.05, 3.63) is 35.7 Å². The topological polar surface area (TPSA) is 120 Å². The average molecular weight is 273 g/mol. The molecule has 0 bridgehead atoms. The number of nitrogens with two attached hydrogens (primary N) is 2. The molecule has 104 valence electrons. The number of aliphatic carboxylic acids is 1. The highest BCUT2D eigenvalue weighted by Gasteiger charge is 2.34. The van der Waals surface area contributed by atoms with E-state index in [1.165, 1.54) is 4.68 Å². The number of rotatable bonds is 2. The molecular weight excluding hydrogens is 258 g/mol. The van der Waals surface area contributed by atoms with E-state index in [9.17, 15) is 9.90 Å². The third-order valence-corrected chi connectivity index (χ3v) is 3.61. The molecule has 0 spiro atoms. The van der Waals surface area contributed by atoms with Crippen LogP contribution in [0.2, 0.25) is 0 Å². The minimum absolute atomic E-state index is 0.0288. The highest BCUT2D eigenvalue weighted by atomic mass is 16.4. The van der Waals surface area contributed by atoms with Gasteiger partial charge < -0.3 is 16.6 Å². The fraction of sp³-hybridized carbons (Fsp3) is 0.308. The zero-order valence-corrected chi connectivity index (χ0v) is 10.7. The van der Waals surface area contributed by atoms with E-state index < -0.39 is 12.0 Å². The summed E-state index contributed by atoms with van der Waals surface area (Å²) in [6, 6.07) is 6.81. The molecule has 0 radical (unpaired) electrons. The second kappa shape index (κ2) is 4.52. The molecule has 2 heterocycles. The smallest absolute Gasteiger partial charge is 0.328 e. The Balaban J connectivity index is 2.07. The predicted octanol–water partition coefficient (Wildman–Crippen LogP) is 0.994. The summed E-state index contributed by atoms with van der Waals surface area (Å²) in [5, 5.41) is 13.3. The lowest BCUT2D eigenvalue weighted by Gasteiger charge is -2.27. The molecule has 2 unspecified atom stereocenters. The second-order valence-corrected chi connectivity index (χ2v) is 4.93. The number of carboxylic acids is 1. The fourth-order valence-corrected chi connectivity index (χ4v) is 2.72. The first-order valence-electron chi connectivity index (χ1n) is 6.36. The Morgan fingerprint density at radius 3 is 2.85 bits per heavy atom. The normalized spacial score (nSPS) is 21.4. The van der Waals surface area contributed by atoms with Gasteiger partial charge in [0.25, 0.3) is 0 Å². The van der Waals surface area contributed by atoms with Crippen LogP contribution < -0.4 is 11.5 Å². The van der Waals surface area contributed by atoms with E-state index in [-0.39, 0.29) is 11.9 Å². The zero-order chi connectivity index (χ0) is 14.3. The summed E-state index contributed by atoms with van der Waals surface area (Å²) in [7, 11) is 0. The second-order valence-electron chi connectivity index (χ2n) is 4.93. The summed E-state index contributed by atoms with van der Waals surface area (Å²) in [6.45, 7) is 0. The van der Waals surface area contributed by atoms with Gasteiger partial charge in [-0.2, -0.15) is 4.98 Å². The molecule has 5 N–H and O–H groups in total. The molecule has 1 aliphatic heterocycles. The van der Waals surface area contributed by atoms with E-state index in [1.807, 2.05) is 24.3 Å². The number of carbonyl (C=O) groups is 1. The van der Waals surface area contributed by atoms with Crippen molar-refractivity contribution in [3.63, 3.8) is 0 Å². The first kappa shape index (κ1) is 12.5. The molecule has 0 amide bonds. The summed E-state index contributed by atoms with van der Waals surface area (Å²) in [5.74, 6) is -0.255. The number of hydrogen-bond donors (Lipinski definition) is 3. The van der Waals surface area contributed by atoms with Crippen molar-refractivity contribution in [1.82, 2.24) is 14.8 Å². The fourth-order valence-electron chi connectivity index (χ4n) is 2.72. The summed E-state index contributed by atoms with van der Waals surface area (Å²) >= 11 is 0. The third-order valence-electron chi connectivity index (χ3n) is 3.61. The number of aromatic nitrogens is 3. The van der Waals surface area contributed by atoms with Gasteiger partial charge in [-0.15, -0.1) is 5.10 Å². The largest absolute Gasteiger partial charge is 0.480 e. The van der Waals surface area contributed by atoms with Crippen LogP contribution in [-0.4, -0.2) is 25.8 Å². The number of benzene rings is 1. The number of fused-ring (bicyclic) bond motifs is 1. The molecule has 0 saturated carbocycles. The number of hydrogen-bond acceptors (Lipinski definition) is 5. The van der Waals surface area contributed by atoms with Crippen LogP contribution in [0.25, 0.3) is 0 Å². The Labute approximate surface area is 115 Å². The average Bonchev–Trinajstić information content (AvgIpc) is 2.78. The Hall–Kier alpha value is -2.57. The van der Waals surface area contributed by atoms with Gasteiger partial charge in [-0.1, -0.05) is 12.1 Å². The van der Waals surface area contributed by atoms with Gasteiger partial charge in [-0.05, 0) is 30.5 Å². The summed E-state index contributed by atoms with van der Waals surface area (Å²) in [4.78, 5) is 15.5. The molecule has 3 rings (SSSR count). The van der Waals surface area contributed by atoms with Gasteiger partial charge in [0.2, 0.25) is 5.95 Å². The van der Waals surface area contributed by atoms with Crippen molar-refractivity contribution >= 4 is 17.6 Å². The standard InChI is InChI=1S/C13H15N5O2/c14-8-3-1-2-7(6-8)9-4-5-10(12(19)20)18-11(9)16-13(15)17-18/h1-3,6,9-10H,4-5,14H2,(H2,15,17)(H,19,20). The van der Waals surface area contributed by atoms with Crippen molar-refractivity contribution < 1.29 is 9.90 Å². The van der Waals surface area contributed by atoms with Gasteiger partial charge in [0.05, 0.1) is 0 Å². The van der Waals surface area contributed by atoms with Crippen LogP contribution >= 0.6 is 0 Å². The maximum atomic E-state index is 11.3. The molecular formula is C13H15N5O2. The highest BCUT2D eigenvalue weighted by molar-refractivity contribution is 5.72. The van der Waals surface area contributed by atoms with Gasteiger partial charge in [-0.25, -0.2) is 9.48 Å². The van der Waals surface area contributed by atoms with E-state index in [1.54, 1.807) is 0 Å². The lowest BCUT2D eigenvalue weighted by molar-refractivity contribution is -0.141. The molecule has 20 heavy (non-hydrogen) atoms. The maximum Gasteiger partial charge on any atom is 0.328 e. The van der Waals surface area contributed by atoms with Gasteiger partial charge >= 0.3 is 5.97 Å². The molecule has 7 heteroatoms. The van der Waals surface area contributed by atoms with E-state index in [0.29, 0.717) is 24.4 Å². The van der Waals surface area contributed by atoms with Crippen LogP contribution in [0, 0.1) is 0 Å². The Morgan fingerprint density at radius 2 is 2.15 bits per heavy atom. The zero-order valence-electron chi connectivity index (χ0n) is 10.7. The van der Waals surface area contributed by atoms with Crippen molar-refractivity contribution in [2.24, 2.45) is 0 Å².